The minimum atomic E-state index is -1.15. The number of ether oxygens (including phenoxy) is 1. The smallest absolute Gasteiger partial charge is 0.333 e. The number of carboxylic acid groups (broad SMARTS) is 1. The maximum atomic E-state index is 12.2. The van der Waals surface area contributed by atoms with Crippen molar-refractivity contribution in [2.45, 2.75) is 117 Å². The van der Waals surface area contributed by atoms with E-state index >= 15 is 0 Å². The topological polar surface area (TPSA) is 83.5 Å². The zero-order valence-electron chi connectivity index (χ0n) is 29.5. The summed E-state index contributed by atoms with van der Waals surface area (Å²) in [4.78, 5) is 34.5. The molecule has 0 bridgehead atoms. The van der Waals surface area contributed by atoms with Crippen LogP contribution in [-0.2, 0) is 14.3 Å². The van der Waals surface area contributed by atoms with E-state index in [-0.39, 0.29) is 11.8 Å². The van der Waals surface area contributed by atoms with Crippen molar-refractivity contribution in [1.82, 2.24) is 0 Å². The summed E-state index contributed by atoms with van der Waals surface area (Å²) in [5, 5.41) is 10.9. The van der Waals surface area contributed by atoms with E-state index in [2.05, 4.69) is 27.6 Å². The second-order valence-electron chi connectivity index (χ2n) is 13.3. The number of aliphatic carboxylic acids is 1. The Hall–Kier alpha value is -3.25. The third-order valence-corrected chi connectivity index (χ3v) is 8.43. The van der Waals surface area contributed by atoms with Gasteiger partial charge < -0.3 is 19.1 Å². The van der Waals surface area contributed by atoms with E-state index in [4.69, 9.17) is 4.74 Å². The first-order chi connectivity index (χ1) is 22.0. The first kappa shape index (κ1) is 40.8. The van der Waals surface area contributed by atoms with Gasteiger partial charge in [-0.1, -0.05) is 146 Å². The zero-order valence-corrected chi connectivity index (χ0v) is 29.5. The Labute approximate surface area is 279 Å². The number of nitrogens with zero attached hydrogens (tertiary/aromatic N) is 1. The number of hydrogen-bond donors (Lipinski definition) is 0. The fourth-order valence-corrected chi connectivity index (χ4v) is 5.20. The number of rotatable bonds is 23. The number of benzene rings is 2. The van der Waals surface area contributed by atoms with Crippen LogP contribution in [-0.4, -0.2) is 56.0 Å². The summed E-state index contributed by atoms with van der Waals surface area (Å²) in [6.45, 7) is 11.6. The van der Waals surface area contributed by atoms with Crippen molar-refractivity contribution in [3.8, 4) is 0 Å². The number of likely N-dealkylation sites (N-methyl/N-ethyl adjacent to an activating group) is 1. The molecule has 0 aromatic heterocycles. The van der Waals surface area contributed by atoms with Crippen LogP contribution < -0.4 is 5.11 Å². The summed E-state index contributed by atoms with van der Waals surface area (Å²) in [6, 6.07) is 15.5. The average Bonchev–Trinajstić information content (AvgIpc) is 3.04. The number of quaternary nitrogens is 1. The first-order valence-electron chi connectivity index (χ1n) is 17.5. The predicted octanol–water partition coefficient (Wildman–Crippen LogP) is 8.43. The fraction of sp³-hybridized carbons (Fsp3) is 0.575. The van der Waals surface area contributed by atoms with Crippen molar-refractivity contribution in [2.24, 2.45) is 0 Å². The number of hydrogen-bond acceptors (Lipinski definition) is 5. The van der Waals surface area contributed by atoms with Gasteiger partial charge in [-0.3, -0.25) is 4.79 Å². The van der Waals surface area contributed by atoms with Gasteiger partial charge in [0.25, 0.3) is 0 Å². The third kappa shape index (κ3) is 18.7. The standard InChI is InChI=1S/C24H48NO2.C16H14O3/c1-6-7-8-9-10-11-12-13-14-15-16-17-18-19-20-25(4,5)21-22-27-24(26)23(2)3;1-11(16(18)19)13-8-5-9-14(10-13)15(17)12-6-3-2-4-7-12/h2,6-22H2,1,3-5H3;2-11H,1H3,(H,18,19)/q+1;/p-1. The third-order valence-electron chi connectivity index (χ3n) is 8.43. The molecular weight excluding hydrogens is 574 g/mol. The molecule has 0 fully saturated rings. The van der Waals surface area contributed by atoms with Crippen LogP contribution in [0.5, 0.6) is 0 Å². The highest BCUT2D eigenvalue weighted by Crippen LogP contribution is 2.18. The molecule has 0 saturated carbocycles. The number of ketones is 1. The number of esters is 1. The fourth-order valence-electron chi connectivity index (χ4n) is 5.20. The lowest BCUT2D eigenvalue weighted by molar-refractivity contribution is -0.890. The molecule has 0 amide bonds. The van der Waals surface area contributed by atoms with Gasteiger partial charge in [0.05, 0.1) is 20.6 Å². The molecule has 6 heteroatoms. The maximum Gasteiger partial charge on any atom is 0.333 e. The Morgan fingerprint density at radius 1 is 0.739 bits per heavy atom. The van der Waals surface area contributed by atoms with E-state index in [1.165, 1.54) is 89.9 Å². The Morgan fingerprint density at radius 2 is 1.24 bits per heavy atom. The molecule has 1 atom stereocenters. The van der Waals surface area contributed by atoms with Crippen molar-refractivity contribution >= 4 is 17.7 Å². The van der Waals surface area contributed by atoms with Crippen LogP contribution in [0, 0.1) is 0 Å². The van der Waals surface area contributed by atoms with Crippen LogP contribution in [0.15, 0.2) is 66.7 Å². The van der Waals surface area contributed by atoms with E-state index in [0.29, 0.717) is 28.9 Å². The van der Waals surface area contributed by atoms with Gasteiger partial charge in [-0.05, 0) is 31.4 Å². The molecule has 0 aliphatic rings. The Morgan fingerprint density at radius 3 is 1.74 bits per heavy atom. The molecule has 1 unspecified atom stereocenters. The van der Waals surface area contributed by atoms with Crippen LogP contribution >= 0.6 is 0 Å². The van der Waals surface area contributed by atoms with Gasteiger partial charge in [0.15, 0.2) is 5.78 Å². The van der Waals surface area contributed by atoms with Gasteiger partial charge in [-0.25, -0.2) is 4.79 Å². The van der Waals surface area contributed by atoms with Gasteiger partial charge in [-0.2, -0.15) is 0 Å². The molecule has 6 nitrogen and oxygen atoms in total. The average molecular weight is 636 g/mol. The predicted molar refractivity (Wildman–Crippen MR) is 188 cm³/mol. The van der Waals surface area contributed by atoms with E-state index in [0.717, 1.165) is 17.6 Å². The summed E-state index contributed by atoms with van der Waals surface area (Å²) in [7, 11) is 4.44. The number of carbonyl (C=O) groups excluding carboxylic acids is 3. The second-order valence-corrected chi connectivity index (χ2v) is 13.3. The highest BCUT2D eigenvalue weighted by atomic mass is 16.5. The molecule has 0 aliphatic heterocycles. The minimum absolute atomic E-state index is 0.118. The van der Waals surface area contributed by atoms with Crippen LogP contribution in [0.4, 0.5) is 0 Å². The number of carbonyl (C=O) groups is 3. The first-order valence-corrected chi connectivity index (χ1v) is 17.5. The summed E-state index contributed by atoms with van der Waals surface area (Å²) >= 11 is 0. The van der Waals surface area contributed by atoms with Crippen molar-refractivity contribution in [1.29, 1.82) is 0 Å². The van der Waals surface area contributed by atoms with Crippen LogP contribution in [0.25, 0.3) is 0 Å². The summed E-state index contributed by atoms with van der Waals surface area (Å²) in [5.41, 5.74) is 2.12. The van der Waals surface area contributed by atoms with Gasteiger partial charge in [0.1, 0.15) is 13.2 Å². The molecule has 2 rings (SSSR count). The van der Waals surface area contributed by atoms with Crippen molar-refractivity contribution in [3.05, 3.63) is 83.4 Å². The van der Waals surface area contributed by atoms with Gasteiger partial charge >= 0.3 is 5.97 Å². The summed E-state index contributed by atoms with van der Waals surface area (Å²) < 4.78 is 6.13. The van der Waals surface area contributed by atoms with Crippen LogP contribution in [0.3, 0.4) is 0 Å². The largest absolute Gasteiger partial charge is 0.550 e. The van der Waals surface area contributed by atoms with E-state index in [9.17, 15) is 19.5 Å². The van der Waals surface area contributed by atoms with Gasteiger partial charge in [-0.15, -0.1) is 0 Å². The molecule has 256 valence electrons. The lowest BCUT2D eigenvalue weighted by Crippen LogP contribution is -2.43. The Bertz CT molecular complexity index is 1160. The maximum absolute atomic E-state index is 12.2. The Kier molecular flexibility index (Phi) is 21.3. The summed E-state index contributed by atoms with van der Waals surface area (Å²) in [5.74, 6) is -2.27. The quantitative estimate of drug-likeness (QED) is 0.0402. The molecule has 0 radical (unpaired) electrons. The lowest BCUT2D eigenvalue weighted by Gasteiger charge is -2.29. The molecule has 0 spiro atoms. The molecule has 0 aliphatic carbocycles. The zero-order chi connectivity index (χ0) is 34.2. The van der Waals surface area contributed by atoms with E-state index in [1.54, 1.807) is 62.4 Å². The SMILES string of the molecule is C=C(C)C(=O)OCC[N+](C)(C)CCCCCCCCCCCCCCCC.CC(C(=O)[O-])c1cccc(C(=O)c2ccccc2)c1. The molecule has 0 saturated heterocycles. The highest BCUT2D eigenvalue weighted by molar-refractivity contribution is 6.09. The van der Waals surface area contributed by atoms with Gasteiger partial charge in [0.2, 0.25) is 0 Å². The molecule has 0 N–H and O–H groups in total. The van der Waals surface area contributed by atoms with Crippen molar-refractivity contribution in [2.75, 3.05) is 33.8 Å². The van der Waals surface area contributed by atoms with Crippen molar-refractivity contribution < 1.29 is 28.7 Å². The highest BCUT2D eigenvalue weighted by Gasteiger charge is 2.16. The normalized spacial score (nSPS) is 11.7. The lowest BCUT2D eigenvalue weighted by atomic mass is 9.96. The van der Waals surface area contributed by atoms with Crippen molar-refractivity contribution in [3.63, 3.8) is 0 Å². The van der Waals surface area contributed by atoms with Crippen LogP contribution in [0.1, 0.15) is 138 Å². The molecule has 46 heavy (non-hydrogen) atoms. The monoisotopic (exact) mass is 635 g/mol. The molecule has 0 heterocycles. The van der Waals surface area contributed by atoms with Crippen LogP contribution in [0.2, 0.25) is 0 Å². The molecular formula is C40H61NO5. The molecule has 2 aromatic rings. The minimum Gasteiger partial charge on any atom is -0.550 e. The molecule has 2 aromatic carbocycles. The second kappa shape index (κ2) is 24.0. The Balaban J connectivity index is 0.000000485. The van der Waals surface area contributed by atoms with Gasteiger partial charge in [0, 0.05) is 28.6 Å². The number of unbranched alkanes of at least 4 members (excludes halogenated alkanes) is 13. The summed E-state index contributed by atoms with van der Waals surface area (Å²) in [6.07, 6.45) is 19.6. The number of carboxylic acids is 1. The van der Waals surface area contributed by atoms with E-state index in [1.807, 2.05) is 6.07 Å². The van der Waals surface area contributed by atoms with E-state index < -0.39 is 11.9 Å².